The first-order valence-electron chi connectivity index (χ1n) is 11.6. The fraction of sp³-hybridized carbons (Fsp3) is 0.818. The first-order chi connectivity index (χ1) is 15.7. The average Bonchev–Trinajstić information content (AvgIpc) is 3.28. The number of nitrogens with one attached hydrogen (secondary N) is 3. The number of hydrogen-bond acceptors (Lipinski definition) is 11. The van der Waals surface area contributed by atoms with Crippen molar-refractivity contribution in [3.05, 3.63) is 24.2 Å². The van der Waals surface area contributed by atoms with Crippen molar-refractivity contribution in [3.63, 3.8) is 0 Å². The van der Waals surface area contributed by atoms with E-state index in [1.807, 2.05) is 12.1 Å². The number of rotatable bonds is 8. The van der Waals surface area contributed by atoms with Gasteiger partial charge < -0.3 is 55.0 Å². The summed E-state index contributed by atoms with van der Waals surface area (Å²) in [5, 5.41) is 53.9. The van der Waals surface area contributed by atoms with Crippen LogP contribution in [0.2, 0.25) is 0 Å². The monoisotopic (exact) mass is 471 g/mol. The van der Waals surface area contributed by atoms with Crippen LogP contribution in [-0.2, 0) is 20.6 Å². The van der Waals surface area contributed by atoms with E-state index in [0.717, 1.165) is 18.6 Å². The summed E-state index contributed by atoms with van der Waals surface area (Å²) in [5.41, 5.74) is -1.72. The van der Waals surface area contributed by atoms with Crippen molar-refractivity contribution in [1.82, 2.24) is 16.0 Å². The van der Waals surface area contributed by atoms with Crippen molar-refractivity contribution >= 4 is 0 Å². The van der Waals surface area contributed by atoms with E-state index >= 15 is 0 Å². The fourth-order valence-corrected chi connectivity index (χ4v) is 5.37. The molecular weight excluding hydrogens is 434 g/mol. The van der Waals surface area contributed by atoms with Gasteiger partial charge in [0.1, 0.15) is 29.7 Å². The zero-order valence-electron chi connectivity index (χ0n) is 19.3. The molecule has 3 unspecified atom stereocenters. The van der Waals surface area contributed by atoms with Crippen LogP contribution in [-0.4, -0.2) is 108 Å². The second kappa shape index (κ2) is 9.86. The number of fused-ring (bicyclic) bond motifs is 2. The molecule has 1 aromatic rings. The highest BCUT2D eigenvalue weighted by atomic mass is 16.8. The number of aryl methyl sites for hydroxylation is 1. The Bertz CT molecular complexity index is 769. The normalized spacial score (nSPS) is 45.4. The van der Waals surface area contributed by atoms with Crippen molar-refractivity contribution < 1.29 is 39.1 Å². The molecule has 0 radical (unpaired) electrons. The van der Waals surface area contributed by atoms with Crippen molar-refractivity contribution in [2.24, 2.45) is 0 Å². The fourth-order valence-electron chi connectivity index (χ4n) is 5.37. The maximum Gasteiger partial charge on any atom is 0.249 e. The molecule has 0 aromatic carbocycles. The Labute approximate surface area is 193 Å². The van der Waals surface area contributed by atoms with E-state index in [4.69, 9.17) is 18.6 Å². The lowest BCUT2D eigenvalue weighted by atomic mass is 9.77. The molecule has 0 bridgehead atoms. The number of aliphatic hydroxyl groups excluding tert-OH is 2. The first kappa shape index (κ1) is 25.0. The minimum Gasteiger partial charge on any atom is -0.469 e. The predicted octanol–water partition coefficient (Wildman–Crippen LogP) is -1.95. The molecular formula is C22H37N3O8. The Morgan fingerprint density at radius 2 is 1.82 bits per heavy atom. The van der Waals surface area contributed by atoms with Crippen LogP contribution in [0.25, 0.3) is 0 Å². The summed E-state index contributed by atoms with van der Waals surface area (Å²) in [5.74, 6) is -1.31. The van der Waals surface area contributed by atoms with Gasteiger partial charge in [0.2, 0.25) is 12.1 Å². The minimum atomic E-state index is -2.20. The van der Waals surface area contributed by atoms with Crippen LogP contribution in [0.1, 0.15) is 25.5 Å². The highest BCUT2D eigenvalue weighted by Crippen LogP contribution is 2.46. The third kappa shape index (κ3) is 4.47. The third-order valence-electron chi connectivity index (χ3n) is 7.12. The van der Waals surface area contributed by atoms with Gasteiger partial charge in [-0.2, -0.15) is 0 Å². The molecule has 3 aliphatic rings. The lowest BCUT2D eigenvalue weighted by molar-refractivity contribution is -0.482. The molecule has 3 heterocycles. The van der Waals surface area contributed by atoms with Crippen LogP contribution in [0.15, 0.2) is 22.8 Å². The van der Waals surface area contributed by atoms with Gasteiger partial charge in [0.25, 0.3) is 0 Å². The van der Waals surface area contributed by atoms with Gasteiger partial charge >= 0.3 is 0 Å². The summed E-state index contributed by atoms with van der Waals surface area (Å²) >= 11 is 0. The molecule has 0 amide bonds. The van der Waals surface area contributed by atoms with Crippen molar-refractivity contribution in [2.75, 3.05) is 27.2 Å². The maximum atomic E-state index is 11.6. The number of likely N-dealkylation sites (N-methyl/N-ethyl adjacent to an activating group) is 2. The topological polar surface area (TPSA) is 158 Å². The van der Waals surface area contributed by atoms with Crippen LogP contribution in [0.4, 0.5) is 0 Å². The Hall–Kier alpha value is -1.12. The van der Waals surface area contributed by atoms with Crippen LogP contribution in [0, 0.1) is 0 Å². The van der Waals surface area contributed by atoms with Gasteiger partial charge in [-0.25, -0.2) is 0 Å². The third-order valence-corrected chi connectivity index (χ3v) is 7.12. The predicted molar refractivity (Wildman–Crippen MR) is 116 cm³/mol. The molecule has 2 saturated heterocycles. The summed E-state index contributed by atoms with van der Waals surface area (Å²) in [7, 11) is 3.29. The molecule has 188 valence electrons. The van der Waals surface area contributed by atoms with Crippen LogP contribution in [0.5, 0.6) is 0 Å². The molecule has 1 aliphatic carbocycles. The summed E-state index contributed by atoms with van der Waals surface area (Å²) in [4.78, 5) is 0. The van der Waals surface area contributed by atoms with Crippen LogP contribution >= 0.6 is 0 Å². The lowest BCUT2D eigenvalue weighted by Crippen LogP contribution is -2.81. The molecule has 11 nitrogen and oxygen atoms in total. The summed E-state index contributed by atoms with van der Waals surface area (Å²) in [6.45, 7) is 2.41. The van der Waals surface area contributed by atoms with Crippen molar-refractivity contribution in [3.8, 4) is 0 Å². The highest BCUT2D eigenvalue weighted by molar-refractivity contribution is 5.12. The van der Waals surface area contributed by atoms with Gasteiger partial charge in [0.15, 0.2) is 0 Å². The Morgan fingerprint density at radius 1 is 1.06 bits per heavy atom. The Morgan fingerprint density at radius 3 is 2.48 bits per heavy atom. The first-order valence-corrected chi connectivity index (χ1v) is 11.6. The highest BCUT2D eigenvalue weighted by Gasteiger charge is 2.68. The van der Waals surface area contributed by atoms with Gasteiger partial charge in [-0.3, -0.25) is 0 Å². The van der Waals surface area contributed by atoms with Crippen LogP contribution in [0.3, 0.4) is 0 Å². The molecule has 33 heavy (non-hydrogen) atoms. The van der Waals surface area contributed by atoms with E-state index in [9.17, 15) is 20.4 Å². The van der Waals surface area contributed by atoms with Gasteiger partial charge in [-0.05, 0) is 46.1 Å². The molecule has 0 spiro atoms. The van der Waals surface area contributed by atoms with Gasteiger partial charge in [-0.15, -0.1) is 0 Å². The minimum absolute atomic E-state index is 0.0427. The van der Waals surface area contributed by atoms with Crippen LogP contribution < -0.4 is 16.0 Å². The van der Waals surface area contributed by atoms with E-state index in [1.165, 1.54) is 0 Å². The standard InChI is InChI=1S/C22H37N3O8/c1-12-10-21(28,11-25-8-4-6-13-7-5-9-30-13)22(29)20(31-12)32-19-17(27)14(23-2)16(26)15(24-3)18(19)33-22/h5,7,9,12,14-20,23-29H,4,6,8,10-11H2,1-3H3/t12-,14-,15+,16+,17+,18?,19?,20?,21-,22-/m1/s1. The molecule has 10 atom stereocenters. The molecule has 3 fully saturated rings. The second-order valence-corrected chi connectivity index (χ2v) is 9.36. The van der Waals surface area contributed by atoms with Crippen molar-refractivity contribution in [1.29, 1.82) is 0 Å². The molecule has 11 heteroatoms. The molecule has 1 saturated carbocycles. The second-order valence-electron chi connectivity index (χ2n) is 9.36. The van der Waals surface area contributed by atoms with Gasteiger partial charge in [0, 0.05) is 19.4 Å². The number of hydrogen-bond donors (Lipinski definition) is 7. The van der Waals surface area contributed by atoms with E-state index in [0.29, 0.717) is 6.54 Å². The Balaban J connectivity index is 1.48. The Kier molecular flexibility index (Phi) is 7.47. The smallest absolute Gasteiger partial charge is 0.249 e. The van der Waals surface area contributed by atoms with E-state index < -0.39 is 60.3 Å². The summed E-state index contributed by atoms with van der Waals surface area (Å²) in [6.07, 6.45) is -2.39. The quantitative estimate of drug-likeness (QED) is 0.211. The maximum absolute atomic E-state index is 11.6. The molecule has 4 rings (SSSR count). The zero-order chi connectivity index (χ0) is 23.8. The molecule has 2 aliphatic heterocycles. The number of furan rings is 1. The van der Waals surface area contributed by atoms with E-state index in [-0.39, 0.29) is 13.0 Å². The molecule has 7 N–H and O–H groups in total. The largest absolute Gasteiger partial charge is 0.469 e. The van der Waals surface area contributed by atoms with Gasteiger partial charge in [0.05, 0.1) is 30.6 Å². The zero-order valence-corrected chi connectivity index (χ0v) is 19.3. The average molecular weight is 472 g/mol. The van der Waals surface area contributed by atoms with E-state index in [2.05, 4.69) is 16.0 Å². The summed E-state index contributed by atoms with van der Waals surface area (Å²) in [6, 6.07) is 2.42. The van der Waals surface area contributed by atoms with Gasteiger partial charge in [-0.1, -0.05) is 0 Å². The van der Waals surface area contributed by atoms with Crippen molar-refractivity contribution in [2.45, 2.75) is 86.5 Å². The number of aliphatic hydroxyl groups is 4. The SMILES string of the molecule is CN[C@@H]1[C@H](O)[C@H](NC)C2O[C@]3(O)C(OC2[C@H]1O)O[C@H](C)C[C@@]3(O)CNCCCc1ccco1. The molecule has 1 aromatic heterocycles. The summed E-state index contributed by atoms with van der Waals surface area (Å²) < 4.78 is 23.3. The number of ether oxygens (including phenoxy) is 3. The van der Waals surface area contributed by atoms with E-state index in [1.54, 1.807) is 27.3 Å². The lowest BCUT2D eigenvalue weighted by Gasteiger charge is -2.60.